The number of aromatic nitrogens is 3. The maximum absolute atomic E-state index is 15.3. The van der Waals surface area contributed by atoms with Crippen LogP contribution in [0.2, 0.25) is 0 Å². The van der Waals surface area contributed by atoms with Crippen LogP contribution in [0, 0.1) is 5.82 Å². The molecule has 35 heavy (non-hydrogen) atoms. The number of ether oxygens (including phenoxy) is 1. The minimum Gasteiger partial charge on any atom is -0.383 e. The molecule has 10 heteroatoms. The lowest BCUT2D eigenvalue weighted by molar-refractivity contribution is 0.144. The van der Waals surface area contributed by atoms with E-state index >= 15 is 4.39 Å². The number of piperazine rings is 1. The number of benzene rings is 1. The van der Waals surface area contributed by atoms with Crippen molar-refractivity contribution in [3.8, 4) is 11.4 Å². The van der Waals surface area contributed by atoms with E-state index in [9.17, 15) is 0 Å². The molecule has 188 valence electrons. The van der Waals surface area contributed by atoms with Crippen LogP contribution in [0.1, 0.15) is 12.8 Å². The lowest BCUT2D eigenvalue weighted by atomic mass is 10.1. The minimum atomic E-state index is -0.285. The zero-order chi connectivity index (χ0) is 24.4. The van der Waals surface area contributed by atoms with Crippen molar-refractivity contribution in [3.05, 3.63) is 34.7 Å². The molecular formula is C25H33BrFN7O. The maximum Gasteiger partial charge on any atom is 0.159 e. The number of halogens is 2. The Bertz CT molecular complexity index is 1160. The molecule has 8 nitrogen and oxygen atoms in total. The first-order valence-electron chi connectivity index (χ1n) is 12.3. The first-order valence-corrected chi connectivity index (χ1v) is 13.1. The van der Waals surface area contributed by atoms with Crippen molar-refractivity contribution in [1.29, 1.82) is 0 Å². The molecule has 3 aromatic rings. The van der Waals surface area contributed by atoms with E-state index in [-0.39, 0.29) is 5.82 Å². The van der Waals surface area contributed by atoms with Gasteiger partial charge in [-0.3, -0.25) is 4.90 Å². The number of pyridine rings is 1. The molecule has 0 spiro atoms. The summed E-state index contributed by atoms with van der Waals surface area (Å²) in [7, 11) is 3.88. The van der Waals surface area contributed by atoms with E-state index in [1.807, 2.05) is 12.1 Å². The van der Waals surface area contributed by atoms with Gasteiger partial charge < -0.3 is 24.8 Å². The van der Waals surface area contributed by atoms with Crippen LogP contribution in [0.4, 0.5) is 15.8 Å². The van der Waals surface area contributed by atoms with E-state index in [1.165, 1.54) is 0 Å². The van der Waals surface area contributed by atoms with Gasteiger partial charge in [-0.25, -0.2) is 14.4 Å². The summed E-state index contributed by atoms with van der Waals surface area (Å²) in [5.41, 5.74) is 3.64. The number of anilines is 2. The number of piperidine rings is 1. The second kappa shape index (κ2) is 10.8. The average Bonchev–Trinajstić information content (AvgIpc) is 3.30. The van der Waals surface area contributed by atoms with Gasteiger partial charge in [0, 0.05) is 57.8 Å². The predicted octanol–water partition coefficient (Wildman–Crippen LogP) is 3.80. The number of imidazole rings is 1. The molecule has 0 amide bonds. The van der Waals surface area contributed by atoms with E-state index in [4.69, 9.17) is 9.72 Å². The summed E-state index contributed by atoms with van der Waals surface area (Å²) in [5, 5.41) is 3.65. The summed E-state index contributed by atoms with van der Waals surface area (Å²) in [4.78, 5) is 19.4. The van der Waals surface area contributed by atoms with Crippen LogP contribution < -0.4 is 10.2 Å². The van der Waals surface area contributed by atoms with Crippen LogP contribution in [0.15, 0.2) is 28.9 Å². The van der Waals surface area contributed by atoms with Gasteiger partial charge in [-0.15, -0.1) is 0 Å². The molecule has 0 atom stereocenters. The van der Waals surface area contributed by atoms with Crippen LogP contribution >= 0.6 is 15.9 Å². The van der Waals surface area contributed by atoms with Gasteiger partial charge >= 0.3 is 0 Å². The van der Waals surface area contributed by atoms with Gasteiger partial charge in [0.15, 0.2) is 5.65 Å². The standard InChI is InChI=1S/C25H33BrFN7O/c1-32-7-5-17(6-8-32)29-22-20(26)16-28-25-23(22)30-24(31-25)19-4-3-18(15-21(19)27)34-11-9-33(10-12-34)13-14-35-2/h3-4,15-17H,5-14H2,1-2H3,(H2,28,29,30,31). The Morgan fingerprint density at radius 2 is 1.94 bits per heavy atom. The number of aromatic amines is 1. The number of rotatable bonds is 7. The van der Waals surface area contributed by atoms with E-state index in [0.29, 0.717) is 23.1 Å². The number of hydrogen-bond donors (Lipinski definition) is 2. The normalized spacial score (nSPS) is 18.5. The van der Waals surface area contributed by atoms with Crippen molar-refractivity contribution >= 4 is 38.5 Å². The quantitative estimate of drug-likeness (QED) is 0.467. The zero-order valence-corrected chi connectivity index (χ0v) is 21.9. The van der Waals surface area contributed by atoms with Crippen LogP contribution in [0.25, 0.3) is 22.6 Å². The largest absolute Gasteiger partial charge is 0.383 e. The van der Waals surface area contributed by atoms with E-state index in [0.717, 1.165) is 86.6 Å². The molecule has 1 aromatic carbocycles. The highest BCUT2D eigenvalue weighted by Gasteiger charge is 2.22. The fourth-order valence-corrected chi connectivity index (χ4v) is 5.30. The second-order valence-electron chi connectivity index (χ2n) is 9.47. The Hall–Kier alpha value is -2.27. The van der Waals surface area contributed by atoms with E-state index < -0.39 is 0 Å². The van der Waals surface area contributed by atoms with E-state index in [1.54, 1.807) is 19.4 Å². The van der Waals surface area contributed by atoms with Crippen LogP contribution in [-0.2, 0) is 4.74 Å². The number of methoxy groups -OCH3 is 1. The van der Waals surface area contributed by atoms with Crippen LogP contribution in [0.3, 0.4) is 0 Å². The second-order valence-corrected chi connectivity index (χ2v) is 10.3. The number of nitrogens with one attached hydrogen (secondary N) is 2. The number of hydrogen-bond acceptors (Lipinski definition) is 7. The van der Waals surface area contributed by atoms with Crippen LogP contribution in [0.5, 0.6) is 0 Å². The number of nitrogens with zero attached hydrogens (tertiary/aromatic N) is 5. The Kier molecular flexibility index (Phi) is 7.52. The molecule has 2 aliphatic rings. The number of fused-ring (bicyclic) bond motifs is 1. The lowest BCUT2D eigenvalue weighted by Crippen LogP contribution is -2.47. The van der Waals surface area contributed by atoms with Crippen LogP contribution in [-0.4, -0.2) is 97.4 Å². The number of H-pyrrole nitrogens is 1. The molecule has 4 heterocycles. The minimum absolute atomic E-state index is 0.285. The third-order valence-electron chi connectivity index (χ3n) is 7.09. The average molecular weight is 546 g/mol. The van der Waals surface area contributed by atoms with Gasteiger partial charge in [0.2, 0.25) is 0 Å². The summed E-state index contributed by atoms with van der Waals surface area (Å²) in [5.74, 6) is 0.206. The Morgan fingerprint density at radius 3 is 2.66 bits per heavy atom. The van der Waals surface area contributed by atoms with Crippen molar-refractivity contribution in [3.63, 3.8) is 0 Å². The summed E-state index contributed by atoms with van der Waals surface area (Å²) in [6.45, 7) is 7.44. The van der Waals surface area contributed by atoms with Gasteiger partial charge in [-0.05, 0) is 67.1 Å². The van der Waals surface area contributed by atoms with Crippen molar-refractivity contribution in [2.45, 2.75) is 18.9 Å². The zero-order valence-electron chi connectivity index (χ0n) is 20.4. The molecule has 5 rings (SSSR count). The Balaban J connectivity index is 1.34. The molecule has 0 aliphatic carbocycles. The smallest absolute Gasteiger partial charge is 0.159 e. The topological polar surface area (TPSA) is 72.6 Å². The third-order valence-corrected chi connectivity index (χ3v) is 7.69. The first kappa shape index (κ1) is 24.4. The molecule has 2 N–H and O–H groups in total. The van der Waals surface area contributed by atoms with E-state index in [2.05, 4.69) is 53.0 Å². The van der Waals surface area contributed by atoms with Gasteiger partial charge in [0.1, 0.15) is 17.2 Å². The maximum atomic E-state index is 15.3. The first-order chi connectivity index (χ1) is 17.0. The summed E-state index contributed by atoms with van der Waals surface area (Å²) in [6, 6.07) is 5.80. The molecule has 0 unspecified atom stereocenters. The highest BCUT2D eigenvalue weighted by molar-refractivity contribution is 9.10. The van der Waals surface area contributed by atoms with Crippen molar-refractivity contribution < 1.29 is 9.13 Å². The molecule has 0 bridgehead atoms. The molecule has 2 fully saturated rings. The molecule has 2 aromatic heterocycles. The van der Waals surface area contributed by atoms with Crippen molar-refractivity contribution in [2.24, 2.45) is 0 Å². The van der Waals surface area contributed by atoms with Gasteiger partial charge in [0.25, 0.3) is 0 Å². The Labute approximate surface area is 214 Å². The molecular weight excluding hydrogens is 513 g/mol. The van der Waals surface area contributed by atoms with Gasteiger partial charge in [-0.2, -0.15) is 0 Å². The predicted molar refractivity (Wildman–Crippen MR) is 142 cm³/mol. The highest BCUT2D eigenvalue weighted by atomic mass is 79.9. The van der Waals surface area contributed by atoms with Crippen molar-refractivity contribution in [2.75, 3.05) is 76.8 Å². The fourth-order valence-electron chi connectivity index (χ4n) is 4.90. The molecule has 0 radical (unpaired) electrons. The molecule has 0 saturated carbocycles. The van der Waals surface area contributed by atoms with Gasteiger partial charge in [-0.1, -0.05) is 0 Å². The third kappa shape index (κ3) is 5.45. The molecule has 2 saturated heterocycles. The summed E-state index contributed by atoms with van der Waals surface area (Å²) >= 11 is 3.63. The Morgan fingerprint density at radius 1 is 1.17 bits per heavy atom. The summed E-state index contributed by atoms with van der Waals surface area (Å²) < 4.78 is 21.3. The fraction of sp³-hybridized carbons (Fsp3) is 0.520. The number of likely N-dealkylation sites (tertiary alicyclic amines) is 1. The molecule has 2 aliphatic heterocycles. The highest BCUT2D eigenvalue weighted by Crippen LogP contribution is 2.33. The van der Waals surface area contributed by atoms with Crippen molar-refractivity contribution in [1.82, 2.24) is 24.8 Å². The lowest BCUT2D eigenvalue weighted by Gasteiger charge is -2.36. The summed E-state index contributed by atoms with van der Waals surface area (Å²) in [6.07, 6.45) is 3.91. The SMILES string of the molecule is COCCN1CCN(c2ccc(-c3nc4c(NC5CCN(C)CC5)c(Br)cnc4[nH]3)c(F)c2)CC1. The monoisotopic (exact) mass is 545 g/mol. The van der Waals surface area contributed by atoms with Gasteiger partial charge in [0.05, 0.1) is 22.3 Å².